The second-order valence-electron chi connectivity index (χ2n) is 4.27. The average Bonchev–Trinajstić information content (AvgIpc) is 2.89. The number of fused-ring (bicyclic) bond motifs is 1. The van der Waals surface area contributed by atoms with E-state index in [0.717, 1.165) is 18.5 Å². The zero-order valence-electron chi connectivity index (χ0n) is 9.06. The van der Waals surface area contributed by atoms with Crippen molar-refractivity contribution < 1.29 is 0 Å². The van der Waals surface area contributed by atoms with Crippen LogP contribution in [0.3, 0.4) is 0 Å². The molecule has 3 rings (SSSR count). The van der Waals surface area contributed by atoms with Gasteiger partial charge < -0.3 is 11.2 Å². The lowest BCUT2D eigenvalue weighted by molar-refractivity contribution is 0.665. The SMILES string of the molecule is Nc1ccc2c(c1)CCC2Nn1cccc1. The molecule has 3 heteroatoms. The standard InChI is InChI=1S/C13H15N3/c14-11-4-5-12-10(9-11)3-6-13(12)15-16-7-1-2-8-16/h1-2,4-5,7-9,13,15H,3,6,14H2. The Labute approximate surface area is 94.9 Å². The molecule has 1 atom stereocenters. The molecule has 1 aromatic carbocycles. The van der Waals surface area contributed by atoms with E-state index in [9.17, 15) is 0 Å². The lowest BCUT2D eigenvalue weighted by atomic mass is 10.1. The lowest BCUT2D eigenvalue weighted by Gasteiger charge is -2.16. The van der Waals surface area contributed by atoms with Crippen LogP contribution < -0.4 is 11.2 Å². The summed E-state index contributed by atoms with van der Waals surface area (Å²) in [5.74, 6) is 0. The van der Waals surface area contributed by atoms with Gasteiger partial charge in [-0.05, 0) is 48.2 Å². The van der Waals surface area contributed by atoms with Crippen molar-refractivity contribution in [2.45, 2.75) is 18.9 Å². The minimum absolute atomic E-state index is 0.406. The van der Waals surface area contributed by atoms with Crippen LogP contribution in [-0.4, -0.2) is 4.68 Å². The van der Waals surface area contributed by atoms with E-state index in [4.69, 9.17) is 5.73 Å². The van der Waals surface area contributed by atoms with Crippen LogP contribution in [0.1, 0.15) is 23.6 Å². The number of anilines is 1. The molecule has 2 aromatic rings. The normalized spacial score (nSPS) is 18.4. The second-order valence-corrected chi connectivity index (χ2v) is 4.27. The Kier molecular flexibility index (Phi) is 2.10. The smallest absolute Gasteiger partial charge is 0.0679 e. The Morgan fingerprint density at radius 1 is 1.25 bits per heavy atom. The first-order valence-corrected chi connectivity index (χ1v) is 5.61. The summed E-state index contributed by atoms with van der Waals surface area (Å²) in [6.07, 6.45) is 6.29. The molecule has 1 aliphatic carbocycles. The third-order valence-corrected chi connectivity index (χ3v) is 3.15. The molecule has 3 nitrogen and oxygen atoms in total. The van der Waals surface area contributed by atoms with Crippen molar-refractivity contribution in [1.82, 2.24) is 4.68 Å². The Bertz CT molecular complexity index is 488. The van der Waals surface area contributed by atoms with Crippen LogP contribution in [0, 0.1) is 0 Å². The highest BCUT2D eigenvalue weighted by Gasteiger charge is 2.22. The molecule has 1 aliphatic rings. The first-order valence-electron chi connectivity index (χ1n) is 5.61. The number of aromatic nitrogens is 1. The maximum atomic E-state index is 5.79. The molecule has 0 aliphatic heterocycles. The van der Waals surface area contributed by atoms with Crippen LogP contribution in [0.15, 0.2) is 42.7 Å². The largest absolute Gasteiger partial charge is 0.399 e. The van der Waals surface area contributed by atoms with Crippen LogP contribution >= 0.6 is 0 Å². The Morgan fingerprint density at radius 2 is 2.06 bits per heavy atom. The molecule has 16 heavy (non-hydrogen) atoms. The van der Waals surface area contributed by atoms with Gasteiger partial charge in [0.1, 0.15) is 0 Å². The van der Waals surface area contributed by atoms with Crippen molar-refractivity contribution >= 4 is 5.69 Å². The fourth-order valence-electron chi connectivity index (χ4n) is 2.37. The first kappa shape index (κ1) is 9.33. The summed E-state index contributed by atoms with van der Waals surface area (Å²) in [7, 11) is 0. The van der Waals surface area contributed by atoms with E-state index in [1.54, 1.807) is 0 Å². The third-order valence-electron chi connectivity index (χ3n) is 3.15. The molecule has 0 saturated carbocycles. The highest BCUT2D eigenvalue weighted by Crippen LogP contribution is 2.32. The van der Waals surface area contributed by atoms with Gasteiger partial charge in [-0.1, -0.05) is 6.07 Å². The van der Waals surface area contributed by atoms with E-state index in [2.05, 4.69) is 17.6 Å². The van der Waals surface area contributed by atoms with Crippen molar-refractivity contribution in [2.75, 3.05) is 11.2 Å². The zero-order valence-corrected chi connectivity index (χ0v) is 9.06. The van der Waals surface area contributed by atoms with Gasteiger partial charge >= 0.3 is 0 Å². The average molecular weight is 213 g/mol. The molecule has 0 fully saturated rings. The number of nitrogens with zero attached hydrogens (tertiary/aromatic N) is 1. The van der Waals surface area contributed by atoms with E-state index >= 15 is 0 Å². The van der Waals surface area contributed by atoms with Crippen LogP contribution in [0.4, 0.5) is 5.69 Å². The topological polar surface area (TPSA) is 43.0 Å². The maximum absolute atomic E-state index is 5.79. The van der Waals surface area contributed by atoms with Crippen molar-refractivity contribution in [2.24, 2.45) is 0 Å². The first-order chi connectivity index (χ1) is 7.83. The Balaban J connectivity index is 1.86. The Hall–Kier alpha value is -1.90. The van der Waals surface area contributed by atoms with E-state index in [-0.39, 0.29) is 0 Å². The molecular formula is C13H15N3. The van der Waals surface area contributed by atoms with Gasteiger partial charge in [-0.3, -0.25) is 4.68 Å². The summed E-state index contributed by atoms with van der Waals surface area (Å²) in [4.78, 5) is 0. The minimum atomic E-state index is 0.406. The van der Waals surface area contributed by atoms with E-state index in [0.29, 0.717) is 6.04 Å². The monoisotopic (exact) mass is 213 g/mol. The molecule has 3 N–H and O–H groups in total. The molecule has 0 radical (unpaired) electrons. The van der Waals surface area contributed by atoms with Gasteiger partial charge in [0.2, 0.25) is 0 Å². The van der Waals surface area contributed by atoms with Crippen molar-refractivity contribution in [3.8, 4) is 0 Å². The summed E-state index contributed by atoms with van der Waals surface area (Å²) in [5.41, 5.74) is 12.9. The number of rotatable bonds is 2. The maximum Gasteiger partial charge on any atom is 0.0679 e. The molecule has 1 heterocycles. The number of benzene rings is 1. The van der Waals surface area contributed by atoms with E-state index < -0.39 is 0 Å². The molecule has 0 saturated heterocycles. The molecule has 1 aromatic heterocycles. The van der Waals surface area contributed by atoms with Crippen molar-refractivity contribution in [1.29, 1.82) is 0 Å². The minimum Gasteiger partial charge on any atom is -0.399 e. The fourth-order valence-corrected chi connectivity index (χ4v) is 2.37. The van der Waals surface area contributed by atoms with E-state index in [1.807, 2.05) is 35.3 Å². The van der Waals surface area contributed by atoms with Gasteiger partial charge in [-0.2, -0.15) is 0 Å². The highest BCUT2D eigenvalue weighted by atomic mass is 15.4. The number of nitrogens with one attached hydrogen (secondary N) is 1. The Morgan fingerprint density at radius 3 is 2.88 bits per heavy atom. The summed E-state index contributed by atoms with van der Waals surface area (Å²) >= 11 is 0. The third kappa shape index (κ3) is 1.54. The summed E-state index contributed by atoms with van der Waals surface area (Å²) in [6.45, 7) is 0. The summed E-state index contributed by atoms with van der Waals surface area (Å²) < 4.78 is 2.01. The number of hydrogen-bond donors (Lipinski definition) is 2. The molecular weight excluding hydrogens is 198 g/mol. The zero-order chi connectivity index (χ0) is 11.0. The van der Waals surface area contributed by atoms with Crippen molar-refractivity contribution in [3.63, 3.8) is 0 Å². The number of nitrogen functional groups attached to an aromatic ring is 1. The fraction of sp³-hybridized carbons (Fsp3) is 0.231. The molecule has 1 unspecified atom stereocenters. The van der Waals surface area contributed by atoms with Crippen LogP contribution in [-0.2, 0) is 6.42 Å². The van der Waals surface area contributed by atoms with Gasteiger partial charge in [0.25, 0.3) is 0 Å². The predicted octanol–water partition coefficient (Wildman–Crippen LogP) is 2.30. The summed E-state index contributed by atoms with van der Waals surface area (Å²) in [6, 6.07) is 10.7. The quantitative estimate of drug-likeness (QED) is 0.752. The lowest BCUT2D eigenvalue weighted by Crippen LogP contribution is -2.17. The number of hydrogen-bond acceptors (Lipinski definition) is 2. The second kappa shape index (κ2) is 3.59. The van der Waals surface area contributed by atoms with Gasteiger partial charge in [-0.15, -0.1) is 0 Å². The number of aryl methyl sites for hydroxylation is 1. The van der Waals surface area contributed by atoms with Crippen molar-refractivity contribution in [3.05, 3.63) is 53.9 Å². The van der Waals surface area contributed by atoms with Crippen LogP contribution in [0.25, 0.3) is 0 Å². The predicted molar refractivity (Wildman–Crippen MR) is 65.7 cm³/mol. The summed E-state index contributed by atoms with van der Waals surface area (Å²) in [5, 5.41) is 0. The molecule has 0 spiro atoms. The number of nitrogens with two attached hydrogens (primary N) is 1. The molecule has 0 amide bonds. The van der Waals surface area contributed by atoms with Crippen LogP contribution in [0.2, 0.25) is 0 Å². The van der Waals surface area contributed by atoms with Gasteiger partial charge in [0, 0.05) is 18.1 Å². The van der Waals surface area contributed by atoms with Gasteiger partial charge in [0.05, 0.1) is 6.04 Å². The molecule has 82 valence electrons. The highest BCUT2D eigenvalue weighted by molar-refractivity contribution is 5.48. The van der Waals surface area contributed by atoms with Gasteiger partial charge in [0.15, 0.2) is 0 Å². The van der Waals surface area contributed by atoms with Crippen LogP contribution in [0.5, 0.6) is 0 Å². The van der Waals surface area contributed by atoms with E-state index in [1.165, 1.54) is 11.1 Å². The molecule has 0 bridgehead atoms. The van der Waals surface area contributed by atoms with Gasteiger partial charge in [-0.25, -0.2) is 0 Å².